The Kier molecular flexibility index (Phi) is 18.9. The number of aliphatic hydroxyl groups is 1. The highest BCUT2D eigenvalue weighted by molar-refractivity contribution is 4.95. The van der Waals surface area contributed by atoms with Crippen molar-refractivity contribution < 1.29 is 99.8 Å². The Hall–Kier alpha value is -0.840. The molecule has 21 nitrogen and oxygen atoms in total. The molecule has 0 aromatic heterocycles. The molecule has 0 aliphatic carbocycles. The molecule has 0 amide bonds. The Labute approximate surface area is 334 Å². The van der Waals surface area contributed by atoms with Gasteiger partial charge in [-0.25, -0.2) is 0 Å². The highest BCUT2D eigenvalue weighted by atomic mass is 16.8. The van der Waals surface area contributed by atoms with Crippen LogP contribution in [0.3, 0.4) is 0 Å². The second-order valence-electron chi connectivity index (χ2n) is 14.0. The van der Waals surface area contributed by atoms with Crippen molar-refractivity contribution in [3.05, 3.63) is 0 Å². The van der Waals surface area contributed by atoms with Gasteiger partial charge in [0.15, 0.2) is 31.5 Å². The molecule has 0 aromatic rings. The van der Waals surface area contributed by atoms with Crippen molar-refractivity contribution in [1.29, 1.82) is 0 Å². The molecule has 5 rings (SSSR count). The van der Waals surface area contributed by atoms with E-state index in [4.69, 9.17) is 94.7 Å². The van der Waals surface area contributed by atoms with Crippen LogP contribution in [0.25, 0.3) is 0 Å². The molecule has 5 aliphatic rings. The number of ether oxygens (including phenoxy) is 20. The van der Waals surface area contributed by atoms with Crippen molar-refractivity contribution >= 4 is 0 Å². The number of hydrogen-bond acceptors (Lipinski definition) is 21. The minimum absolute atomic E-state index is 0.0263. The average molecular weight is 833 g/mol. The Morgan fingerprint density at radius 2 is 0.526 bits per heavy atom. The van der Waals surface area contributed by atoms with E-state index in [1.54, 1.807) is 56.9 Å². The van der Waals surface area contributed by atoms with Crippen LogP contribution < -0.4 is 0 Å². The SMILES string of the molecule is COCC1OC(OCC2OC(OCC3OC(OCC4OC(OCC5OC(O)C(OC)C5OC)C(OC)C4OC)C(OC)C3OC)C(OC)C2OC)C(OC)C1OC. The molecule has 57 heavy (non-hydrogen) atoms. The summed E-state index contributed by atoms with van der Waals surface area (Å²) >= 11 is 0. The molecule has 0 saturated carbocycles. The molecule has 0 bridgehead atoms. The molecule has 5 saturated heterocycles. The first-order valence-electron chi connectivity index (χ1n) is 18.9. The zero-order valence-corrected chi connectivity index (χ0v) is 34.7. The minimum Gasteiger partial charge on any atom is -0.382 e. The highest BCUT2D eigenvalue weighted by Gasteiger charge is 2.53. The first kappa shape index (κ1) is 47.2. The summed E-state index contributed by atoms with van der Waals surface area (Å²) in [6.45, 7) is 0.481. The van der Waals surface area contributed by atoms with Gasteiger partial charge < -0.3 is 99.8 Å². The summed E-state index contributed by atoms with van der Waals surface area (Å²) in [6, 6.07) is 0. The molecule has 5 fully saturated rings. The summed E-state index contributed by atoms with van der Waals surface area (Å²) in [5.41, 5.74) is 0. The van der Waals surface area contributed by atoms with Gasteiger partial charge in [-0.2, -0.15) is 0 Å². The van der Waals surface area contributed by atoms with Gasteiger partial charge in [-0.1, -0.05) is 0 Å². The second-order valence-corrected chi connectivity index (χ2v) is 14.0. The van der Waals surface area contributed by atoms with Crippen LogP contribution in [0.1, 0.15) is 0 Å². The van der Waals surface area contributed by atoms with E-state index in [-0.39, 0.29) is 38.6 Å². The molecule has 21 heteroatoms. The van der Waals surface area contributed by atoms with Crippen LogP contribution in [-0.4, -0.2) is 239 Å². The first-order valence-corrected chi connectivity index (χ1v) is 18.9. The molecule has 20 atom stereocenters. The van der Waals surface area contributed by atoms with Crippen molar-refractivity contribution in [2.75, 3.05) is 111 Å². The maximum atomic E-state index is 10.2. The number of methoxy groups -OCH3 is 11. The smallest absolute Gasteiger partial charge is 0.187 e. The fraction of sp³-hybridized carbons (Fsp3) is 1.00. The Morgan fingerprint density at radius 3 is 0.772 bits per heavy atom. The summed E-state index contributed by atoms with van der Waals surface area (Å²) < 4.78 is 117. The van der Waals surface area contributed by atoms with E-state index in [1.807, 2.05) is 0 Å². The third-order valence-corrected chi connectivity index (χ3v) is 11.1. The summed E-state index contributed by atoms with van der Waals surface area (Å²) in [6.07, 6.45) is -12.9. The van der Waals surface area contributed by atoms with Crippen LogP contribution in [0.4, 0.5) is 0 Å². The fourth-order valence-electron chi connectivity index (χ4n) is 8.27. The third kappa shape index (κ3) is 10.4. The van der Waals surface area contributed by atoms with Gasteiger partial charge in [0.05, 0.1) is 33.0 Å². The van der Waals surface area contributed by atoms with Gasteiger partial charge in [0, 0.05) is 78.2 Å². The van der Waals surface area contributed by atoms with Crippen molar-refractivity contribution in [2.24, 2.45) is 0 Å². The van der Waals surface area contributed by atoms with Crippen LogP contribution in [0, 0.1) is 0 Å². The Bertz CT molecular complexity index is 1140. The van der Waals surface area contributed by atoms with E-state index in [0.717, 1.165) is 0 Å². The van der Waals surface area contributed by atoms with Crippen molar-refractivity contribution in [3.8, 4) is 0 Å². The summed E-state index contributed by atoms with van der Waals surface area (Å²) in [4.78, 5) is 0. The van der Waals surface area contributed by atoms with Gasteiger partial charge in [0.1, 0.15) is 91.6 Å². The second kappa shape index (κ2) is 22.8. The molecule has 5 aliphatic heterocycles. The monoisotopic (exact) mass is 832 g/mol. The van der Waals surface area contributed by atoms with Crippen LogP contribution >= 0.6 is 0 Å². The molecule has 0 spiro atoms. The predicted octanol–water partition coefficient (Wildman–Crippen LogP) is -1.53. The lowest BCUT2D eigenvalue weighted by Gasteiger charge is -2.24. The fourth-order valence-corrected chi connectivity index (χ4v) is 8.27. The van der Waals surface area contributed by atoms with Crippen LogP contribution in [0.2, 0.25) is 0 Å². The predicted molar refractivity (Wildman–Crippen MR) is 189 cm³/mol. The van der Waals surface area contributed by atoms with Gasteiger partial charge in [-0.15, -0.1) is 0 Å². The van der Waals surface area contributed by atoms with Crippen molar-refractivity contribution in [1.82, 2.24) is 0 Å². The number of hydrogen-bond donors (Lipinski definition) is 1. The number of aliphatic hydroxyl groups excluding tert-OH is 1. The molecule has 0 radical (unpaired) electrons. The summed E-state index contributed by atoms with van der Waals surface area (Å²) in [7, 11) is 17.0. The first-order chi connectivity index (χ1) is 27.7. The van der Waals surface area contributed by atoms with Crippen LogP contribution in [0.5, 0.6) is 0 Å². The van der Waals surface area contributed by atoms with Crippen molar-refractivity contribution in [3.63, 3.8) is 0 Å². The molecule has 5 heterocycles. The minimum atomic E-state index is -1.16. The van der Waals surface area contributed by atoms with Gasteiger partial charge in [-0.05, 0) is 0 Å². The van der Waals surface area contributed by atoms with E-state index in [9.17, 15) is 5.11 Å². The van der Waals surface area contributed by atoms with E-state index >= 15 is 0 Å². The summed E-state index contributed by atoms with van der Waals surface area (Å²) in [5, 5.41) is 10.2. The Morgan fingerprint density at radius 1 is 0.298 bits per heavy atom. The quantitative estimate of drug-likeness (QED) is 0.117. The molecule has 334 valence electrons. The summed E-state index contributed by atoms with van der Waals surface area (Å²) in [5.74, 6) is 0. The largest absolute Gasteiger partial charge is 0.382 e. The third-order valence-electron chi connectivity index (χ3n) is 11.1. The van der Waals surface area contributed by atoms with E-state index in [1.165, 1.54) is 21.3 Å². The topological polar surface area (TPSA) is 205 Å². The molecule has 0 aromatic carbocycles. The molecular formula is C36H64O21. The van der Waals surface area contributed by atoms with E-state index in [2.05, 4.69) is 0 Å². The van der Waals surface area contributed by atoms with Gasteiger partial charge >= 0.3 is 0 Å². The van der Waals surface area contributed by atoms with Gasteiger partial charge in [0.2, 0.25) is 0 Å². The molecule has 20 unspecified atom stereocenters. The lowest BCUT2D eigenvalue weighted by Crippen LogP contribution is -2.42. The standard InChI is InChI=1S/C36H64O21/c1-38-12-17-23(40-3)28(45-8)33(54-17)50-14-19-25(42-5)30(47-10)35(56-19)52-16-21-26(43-6)31(48-11)36(57-21)51-15-20-24(41-4)29(46-9)34(55-20)49-13-18-22(39-2)27(44-7)32(37)53-18/h17-37H,12-16H2,1-11H3. The van der Waals surface area contributed by atoms with E-state index < -0.39 is 111 Å². The lowest BCUT2D eigenvalue weighted by molar-refractivity contribution is -0.230. The zero-order valence-electron chi connectivity index (χ0n) is 34.7. The maximum absolute atomic E-state index is 10.2. The highest BCUT2D eigenvalue weighted by Crippen LogP contribution is 2.35. The lowest BCUT2D eigenvalue weighted by atomic mass is 10.1. The normalized spacial score (nSPS) is 44.8. The van der Waals surface area contributed by atoms with Crippen molar-refractivity contribution in [2.45, 2.75) is 123 Å². The Balaban J connectivity index is 1.15. The molecular weight excluding hydrogens is 768 g/mol. The van der Waals surface area contributed by atoms with Crippen LogP contribution in [0.15, 0.2) is 0 Å². The molecule has 1 N–H and O–H groups in total. The number of rotatable bonds is 24. The van der Waals surface area contributed by atoms with Gasteiger partial charge in [0.25, 0.3) is 0 Å². The maximum Gasteiger partial charge on any atom is 0.187 e. The van der Waals surface area contributed by atoms with Crippen LogP contribution in [-0.2, 0) is 94.7 Å². The average Bonchev–Trinajstić information content (AvgIpc) is 4.02. The zero-order chi connectivity index (χ0) is 41.2. The van der Waals surface area contributed by atoms with Gasteiger partial charge in [-0.3, -0.25) is 0 Å². The van der Waals surface area contributed by atoms with E-state index in [0.29, 0.717) is 6.61 Å².